The normalized spacial score (nSPS) is 19.3. The second kappa shape index (κ2) is 5.04. The maximum atomic E-state index is 11.5. The molecule has 1 aromatic rings. The van der Waals surface area contributed by atoms with E-state index in [0.717, 1.165) is 0 Å². The second-order valence-electron chi connectivity index (χ2n) is 4.20. The lowest BCUT2D eigenvalue weighted by Gasteiger charge is -2.21. The predicted octanol–water partition coefficient (Wildman–Crippen LogP) is 2.14. The molecular formula is C14H14O4. The van der Waals surface area contributed by atoms with Crippen molar-refractivity contribution in [3.05, 3.63) is 35.9 Å². The fraction of sp³-hybridized carbons (Fsp3) is 0.286. The maximum Gasteiger partial charge on any atom is 0.311 e. The van der Waals surface area contributed by atoms with Crippen LogP contribution in [0.1, 0.15) is 18.4 Å². The number of ketones is 1. The lowest BCUT2D eigenvalue weighted by molar-refractivity contribution is -0.140. The summed E-state index contributed by atoms with van der Waals surface area (Å²) in [5.41, 5.74) is 1.22. The first-order valence-corrected chi connectivity index (χ1v) is 5.74. The third kappa shape index (κ3) is 2.27. The number of aliphatic carboxylic acids is 1. The van der Waals surface area contributed by atoms with Gasteiger partial charge in [0.2, 0.25) is 0 Å². The number of hydrogen-bond donors (Lipinski definition) is 1. The van der Waals surface area contributed by atoms with Crippen molar-refractivity contribution in [3.63, 3.8) is 0 Å². The van der Waals surface area contributed by atoms with Crippen LogP contribution in [0.2, 0.25) is 0 Å². The first-order chi connectivity index (χ1) is 8.63. The average molecular weight is 246 g/mol. The van der Waals surface area contributed by atoms with Crippen molar-refractivity contribution in [1.82, 2.24) is 0 Å². The highest BCUT2D eigenvalue weighted by Gasteiger charge is 2.29. The minimum atomic E-state index is -0.903. The first-order valence-electron chi connectivity index (χ1n) is 5.74. The minimum Gasteiger partial charge on any atom is -0.496 e. The van der Waals surface area contributed by atoms with E-state index in [0.29, 0.717) is 23.3 Å². The second-order valence-corrected chi connectivity index (χ2v) is 4.20. The van der Waals surface area contributed by atoms with E-state index in [9.17, 15) is 14.7 Å². The largest absolute Gasteiger partial charge is 0.496 e. The third-order valence-electron chi connectivity index (χ3n) is 3.09. The van der Waals surface area contributed by atoms with Gasteiger partial charge in [-0.25, -0.2) is 0 Å². The molecule has 0 saturated heterocycles. The topological polar surface area (TPSA) is 63.6 Å². The van der Waals surface area contributed by atoms with Gasteiger partial charge >= 0.3 is 5.97 Å². The van der Waals surface area contributed by atoms with Crippen LogP contribution in [0.15, 0.2) is 30.3 Å². The van der Waals surface area contributed by atoms with Gasteiger partial charge in [-0.05, 0) is 24.1 Å². The van der Waals surface area contributed by atoms with Gasteiger partial charge in [0.25, 0.3) is 0 Å². The summed E-state index contributed by atoms with van der Waals surface area (Å²) in [5.74, 6) is -0.989. The predicted molar refractivity (Wildman–Crippen MR) is 66.3 cm³/mol. The van der Waals surface area contributed by atoms with Gasteiger partial charge in [0.05, 0.1) is 13.0 Å². The van der Waals surface area contributed by atoms with E-state index in [4.69, 9.17) is 4.74 Å². The Hall–Kier alpha value is -2.10. The zero-order valence-electron chi connectivity index (χ0n) is 10.1. The quantitative estimate of drug-likeness (QED) is 0.887. The van der Waals surface area contributed by atoms with Gasteiger partial charge in [-0.2, -0.15) is 0 Å². The molecule has 1 aliphatic carbocycles. The highest BCUT2D eigenvalue weighted by Crippen LogP contribution is 2.36. The summed E-state index contributed by atoms with van der Waals surface area (Å²) < 4.78 is 5.22. The molecule has 0 bridgehead atoms. The Morgan fingerprint density at radius 3 is 2.78 bits per heavy atom. The Balaban J connectivity index is 2.51. The number of benzene rings is 1. The van der Waals surface area contributed by atoms with Crippen molar-refractivity contribution in [3.8, 4) is 5.75 Å². The maximum absolute atomic E-state index is 11.5. The van der Waals surface area contributed by atoms with Crippen LogP contribution in [0, 0.1) is 5.92 Å². The molecular weight excluding hydrogens is 232 g/mol. The number of ether oxygens (including phenoxy) is 1. The van der Waals surface area contributed by atoms with Gasteiger partial charge in [-0.15, -0.1) is 0 Å². The molecule has 0 heterocycles. The van der Waals surface area contributed by atoms with Crippen LogP contribution in [-0.2, 0) is 9.59 Å². The number of methoxy groups -OCH3 is 1. The fourth-order valence-electron chi connectivity index (χ4n) is 2.19. The Kier molecular flexibility index (Phi) is 3.46. The number of hydrogen-bond acceptors (Lipinski definition) is 3. The summed E-state index contributed by atoms with van der Waals surface area (Å²) in [7, 11) is 1.53. The molecule has 0 radical (unpaired) electrons. The first kappa shape index (κ1) is 12.4. The number of para-hydroxylation sites is 1. The molecule has 1 aromatic carbocycles. The number of rotatable bonds is 3. The van der Waals surface area contributed by atoms with Crippen molar-refractivity contribution >= 4 is 17.3 Å². The summed E-state index contributed by atoms with van der Waals surface area (Å²) in [6, 6.07) is 7.15. The lowest BCUT2D eigenvalue weighted by atomic mass is 9.83. The molecule has 0 amide bonds. The molecule has 4 heteroatoms. The van der Waals surface area contributed by atoms with E-state index >= 15 is 0 Å². The highest BCUT2D eigenvalue weighted by molar-refractivity contribution is 6.03. The molecule has 0 saturated carbocycles. The minimum absolute atomic E-state index is 0.0339. The molecule has 4 nitrogen and oxygen atoms in total. The summed E-state index contributed by atoms with van der Waals surface area (Å²) in [6.07, 6.45) is 2.06. The van der Waals surface area contributed by atoms with Gasteiger partial charge in [-0.3, -0.25) is 9.59 Å². The number of carboxylic acids is 1. The van der Waals surface area contributed by atoms with E-state index < -0.39 is 11.9 Å². The van der Waals surface area contributed by atoms with Gasteiger partial charge in [0.1, 0.15) is 5.75 Å². The molecule has 0 aliphatic heterocycles. The molecule has 2 rings (SSSR count). The Labute approximate surface area is 105 Å². The zero-order chi connectivity index (χ0) is 13.1. The molecule has 1 N–H and O–H groups in total. The SMILES string of the molecule is COc1ccccc1C1=CC(=O)CCC1C(=O)O. The summed E-state index contributed by atoms with van der Waals surface area (Å²) in [6.45, 7) is 0. The number of allylic oxidation sites excluding steroid dienone is 1. The van der Waals surface area contributed by atoms with E-state index in [2.05, 4.69) is 0 Å². The molecule has 0 aromatic heterocycles. The van der Waals surface area contributed by atoms with Gasteiger partial charge in [-0.1, -0.05) is 18.2 Å². The Bertz CT molecular complexity index is 516. The molecule has 1 atom stereocenters. The van der Waals surface area contributed by atoms with E-state index in [1.165, 1.54) is 13.2 Å². The monoisotopic (exact) mass is 246 g/mol. The van der Waals surface area contributed by atoms with Gasteiger partial charge in [0.15, 0.2) is 5.78 Å². The van der Waals surface area contributed by atoms with Crippen LogP contribution in [-0.4, -0.2) is 24.0 Å². The van der Waals surface area contributed by atoms with Gasteiger partial charge in [0, 0.05) is 12.0 Å². The highest BCUT2D eigenvalue weighted by atomic mass is 16.5. The molecule has 18 heavy (non-hydrogen) atoms. The van der Waals surface area contributed by atoms with Crippen LogP contribution < -0.4 is 4.74 Å². The smallest absolute Gasteiger partial charge is 0.311 e. The molecule has 0 spiro atoms. The third-order valence-corrected chi connectivity index (χ3v) is 3.09. The fourth-order valence-corrected chi connectivity index (χ4v) is 2.19. The Morgan fingerprint density at radius 2 is 2.11 bits per heavy atom. The van der Waals surface area contributed by atoms with Crippen LogP contribution in [0.4, 0.5) is 0 Å². The van der Waals surface area contributed by atoms with Crippen molar-refractivity contribution in [1.29, 1.82) is 0 Å². The zero-order valence-corrected chi connectivity index (χ0v) is 10.1. The number of carbonyl (C=O) groups excluding carboxylic acids is 1. The van der Waals surface area contributed by atoms with Crippen LogP contribution in [0.3, 0.4) is 0 Å². The van der Waals surface area contributed by atoms with Gasteiger partial charge < -0.3 is 9.84 Å². The summed E-state index contributed by atoms with van der Waals surface area (Å²) >= 11 is 0. The van der Waals surface area contributed by atoms with Crippen molar-refractivity contribution < 1.29 is 19.4 Å². The van der Waals surface area contributed by atoms with E-state index in [-0.39, 0.29) is 12.2 Å². The summed E-state index contributed by atoms with van der Waals surface area (Å²) in [5, 5.41) is 9.23. The summed E-state index contributed by atoms with van der Waals surface area (Å²) in [4.78, 5) is 22.8. The van der Waals surface area contributed by atoms with Crippen LogP contribution in [0.5, 0.6) is 5.75 Å². The lowest BCUT2D eigenvalue weighted by Crippen LogP contribution is -2.21. The number of carbonyl (C=O) groups is 2. The number of carboxylic acid groups (broad SMARTS) is 1. The van der Waals surface area contributed by atoms with E-state index in [1.807, 2.05) is 6.07 Å². The van der Waals surface area contributed by atoms with Crippen LogP contribution >= 0.6 is 0 Å². The Morgan fingerprint density at radius 1 is 1.39 bits per heavy atom. The van der Waals surface area contributed by atoms with Crippen LogP contribution in [0.25, 0.3) is 5.57 Å². The molecule has 0 fully saturated rings. The molecule has 1 aliphatic rings. The van der Waals surface area contributed by atoms with Crippen molar-refractivity contribution in [2.75, 3.05) is 7.11 Å². The average Bonchev–Trinajstić information content (AvgIpc) is 2.38. The van der Waals surface area contributed by atoms with Crippen molar-refractivity contribution in [2.45, 2.75) is 12.8 Å². The van der Waals surface area contributed by atoms with E-state index in [1.54, 1.807) is 18.2 Å². The molecule has 1 unspecified atom stereocenters. The van der Waals surface area contributed by atoms with Crippen molar-refractivity contribution in [2.24, 2.45) is 5.92 Å². The molecule has 94 valence electrons. The standard InChI is InChI=1S/C14H14O4/c1-18-13-5-3-2-4-10(13)12-8-9(15)6-7-11(12)14(16)17/h2-5,8,11H,6-7H2,1H3,(H,16,17).